The Balaban J connectivity index is 1.90. The lowest BCUT2D eigenvalue weighted by Gasteiger charge is -2.41. The fourth-order valence-electron chi connectivity index (χ4n) is 3.93. The van der Waals surface area contributed by atoms with E-state index < -0.39 is 16.1 Å². The molecule has 0 saturated carbocycles. The van der Waals surface area contributed by atoms with E-state index in [1.54, 1.807) is 12.1 Å². The second kappa shape index (κ2) is 9.41. The maximum Gasteiger partial charge on any atom is 0.241 e. The molecule has 1 amide bonds. The van der Waals surface area contributed by atoms with Crippen LogP contribution in [0.25, 0.3) is 0 Å². The van der Waals surface area contributed by atoms with Crippen LogP contribution in [0.2, 0.25) is 0 Å². The van der Waals surface area contributed by atoms with Crippen molar-refractivity contribution in [3.05, 3.63) is 64.6 Å². The SMILES string of the molecule is CC1CCCC(C)N1C(=O)C(Cc1ccccc1)NS(=O)(=O)c1ccc(Br)cc1. The molecule has 1 heterocycles. The number of carbonyl (C=O) groups is 1. The predicted molar refractivity (Wildman–Crippen MR) is 118 cm³/mol. The zero-order chi connectivity index (χ0) is 21.0. The first-order chi connectivity index (χ1) is 13.8. The second-order valence-electron chi connectivity index (χ2n) is 7.69. The van der Waals surface area contributed by atoms with E-state index in [0.29, 0.717) is 6.42 Å². The number of benzene rings is 2. The summed E-state index contributed by atoms with van der Waals surface area (Å²) in [6.07, 6.45) is 3.27. The molecule has 1 aliphatic rings. The van der Waals surface area contributed by atoms with Crippen molar-refractivity contribution in [3.8, 4) is 0 Å². The molecule has 1 fully saturated rings. The van der Waals surface area contributed by atoms with Gasteiger partial charge in [-0.3, -0.25) is 4.79 Å². The standard InChI is InChI=1S/C22H27BrN2O3S/c1-16-7-6-8-17(2)25(16)22(26)21(15-18-9-4-3-5-10-18)24-29(27,28)20-13-11-19(23)12-14-20/h3-5,9-14,16-17,21,24H,6-8,15H2,1-2H3. The van der Waals surface area contributed by atoms with Crippen molar-refractivity contribution in [2.24, 2.45) is 0 Å². The van der Waals surface area contributed by atoms with Crippen molar-refractivity contribution in [1.82, 2.24) is 9.62 Å². The number of carbonyl (C=O) groups excluding carboxylic acids is 1. The maximum absolute atomic E-state index is 13.5. The van der Waals surface area contributed by atoms with Crippen LogP contribution in [0, 0.1) is 0 Å². The smallest absolute Gasteiger partial charge is 0.241 e. The minimum Gasteiger partial charge on any atom is -0.336 e. The average Bonchev–Trinajstić information content (AvgIpc) is 2.68. The van der Waals surface area contributed by atoms with E-state index in [1.165, 1.54) is 12.1 Å². The lowest BCUT2D eigenvalue weighted by atomic mass is 9.95. The van der Waals surface area contributed by atoms with Crippen molar-refractivity contribution in [1.29, 1.82) is 0 Å². The normalized spacial score (nSPS) is 21.0. The van der Waals surface area contributed by atoms with Crippen LogP contribution >= 0.6 is 15.9 Å². The van der Waals surface area contributed by atoms with Gasteiger partial charge in [-0.25, -0.2) is 8.42 Å². The summed E-state index contributed by atoms with van der Waals surface area (Å²) < 4.78 is 29.5. The molecule has 29 heavy (non-hydrogen) atoms. The molecule has 1 aliphatic heterocycles. The molecule has 2 aromatic rings. The fourth-order valence-corrected chi connectivity index (χ4v) is 5.39. The van der Waals surface area contributed by atoms with Crippen LogP contribution in [0.15, 0.2) is 64.0 Å². The van der Waals surface area contributed by atoms with Crippen LogP contribution < -0.4 is 4.72 Å². The minimum atomic E-state index is -3.83. The molecule has 3 unspecified atom stereocenters. The van der Waals surface area contributed by atoms with Gasteiger partial charge in [-0.2, -0.15) is 4.72 Å². The van der Waals surface area contributed by atoms with Gasteiger partial charge in [0.05, 0.1) is 4.90 Å². The molecular weight excluding hydrogens is 452 g/mol. The van der Waals surface area contributed by atoms with Gasteiger partial charge in [0.25, 0.3) is 0 Å². The third-order valence-corrected chi connectivity index (χ3v) is 7.47. The third-order valence-electron chi connectivity index (χ3n) is 5.45. The quantitative estimate of drug-likeness (QED) is 0.678. The first kappa shape index (κ1) is 22.0. The maximum atomic E-state index is 13.5. The summed E-state index contributed by atoms with van der Waals surface area (Å²) in [6.45, 7) is 4.08. The summed E-state index contributed by atoms with van der Waals surface area (Å²) in [5.41, 5.74) is 0.918. The molecule has 3 rings (SSSR count). The Bertz CT molecular complexity index is 922. The Morgan fingerprint density at radius 1 is 1.07 bits per heavy atom. The molecule has 1 saturated heterocycles. The molecule has 156 valence electrons. The monoisotopic (exact) mass is 478 g/mol. The Morgan fingerprint density at radius 2 is 1.66 bits per heavy atom. The van der Waals surface area contributed by atoms with Crippen molar-refractivity contribution < 1.29 is 13.2 Å². The van der Waals surface area contributed by atoms with E-state index in [2.05, 4.69) is 20.7 Å². The summed E-state index contributed by atoms with van der Waals surface area (Å²) in [5, 5.41) is 0. The summed E-state index contributed by atoms with van der Waals surface area (Å²) >= 11 is 3.32. The number of piperidine rings is 1. The second-order valence-corrected chi connectivity index (χ2v) is 10.3. The highest BCUT2D eigenvalue weighted by molar-refractivity contribution is 9.10. The summed E-state index contributed by atoms with van der Waals surface area (Å²) in [5.74, 6) is -0.158. The number of hydrogen-bond donors (Lipinski definition) is 1. The lowest BCUT2D eigenvalue weighted by molar-refractivity contribution is -0.139. The van der Waals surface area contributed by atoms with E-state index >= 15 is 0 Å². The van der Waals surface area contributed by atoms with Crippen LogP contribution in [0.3, 0.4) is 0 Å². The number of nitrogens with zero attached hydrogens (tertiary/aromatic N) is 1. The highest BCUT2D eigenvalue weighted by atomic mass is 79.9. The molecule has 0 aliphatic carbocycles. The Morgan fingerprint density at radius 3 is 2.24 bits per heavy atom. The predicted octanol–water partition coefficient (Wildman–Crippen LogP) is 4.13. The number of rotatable bonds is 6. The van der Waals surface area contributed by atoms with Crippen molar-refractivity contribution in [2.45, 2.75) is 62.6 Å². The van der Waals surface area contributed by atoms with Crippen LogP contribution in [0.4, 0.5) is 0 Å². The van der Waals surface area contributed by atoms with Gasteiger partial charge in [0, 0.05) is 16.6 Å². The van der Waals surface area contributed by atoms with Crippen molar-refractivity contribution in [2.75, 3.05) is 0 Å². The largest absolute Gasteiger partial charge is 0.336 e. The summed E-state index contributed by atoms with van der Waals surface area (Å²) in [4.78, 5) is 15.5. The van der Waals surface area contributed by atoms with Gasteiger partial charge in [-0.05, 0) is 69.4 Å². The lowest BCUT2D eigenvalue weighted by Crippen LogP contribution is -2.56. The summed E-state index contributed by atoms with van der Waals surface area (Å²) in [6, 6.07) is 15.3. The van der Waals surface area contributed by atoms with E-state index in [0.717, 1.165) is 29.3 Å². The Labute approximate surface area is 181 Å². The van der Waals surface area contributed by atoms with Gasteiger partial charge in [-0.15, -0.1) is 0 Å². The van der Waals surface area contributed by atoms with E-state index in [1.807, 2.05) is 49.1 Å². The number of halogens is 1. The molecule has 5 nitrogen and oxygen atoms in total. The van der Waals surface area contributed by atoms with Gasteiger partial charge >= 0.3 is 0 Å². The first-order valence-electron chi connectivity index (χ1n) is 9.92. The first-order valence-corrected chi connectivity index (χ1v) is 12.2. The van der Waals surface area contributed by atoms with Gasteiger partial charge in [0.15, 0.2) is 0 Å². The Kier molecular flexibility index (Phi) is 7.14. The number of sulfonamides is 1. The number of likely N-dealkylation sites (tertiary alicyclic amines) is 1. The zero-order valence-corrected chi connectivity index (χ0v) is 19.1. The number of hydrogen-bond acceptors (Lipinski definition) is 3. The van der Waals surface area contributed by atoms with Gasteiger partial charge < -0.3 is 4.90 Å². The summed E-state index contributed by atoms with van der Waals surface area (Å²) in [7, 11) is -3.83. The average molecular weight is 479 g/mol. The minimum absolute atomic E-state index is 0.0988. The fraction of sp³-hybridized carbons (Fsp3) is 0.409. The molecule has 3 atom stereocenters. The molecule has 2 aromatic carbocycles. The van der Waals surface area contributed by atoms with E-state index in [9.17, 15) is 13.2 Å². The highest BCUT2D eigenvalue weighted by Gasteiger charge is 2.35. The van der Waals surface area contributed by atoms with E-state index in [-0.39, 0.29) is 22.9 Å². The van der Waals surface area contributed by atoms with Crippen molar-refractivity contribution >= 4 is 31.9 Å². The van der Waals surface area contributed by atoms with Gasteiger partial charge in [0.2, 0.25) is 15.9 Å². The molecule has 1 N–H and O–H groups in total. The molecule has 0 spiro atoms. The number of amides is 1. The highest BCUT2D eigenvalue weighted by Crippen LogP contribution is 2.24. The van der Waals surface area contributed by atoms with Gasteiger partial charge in [0.1, 0.15) is 6.04 Å². The van der Waals surface area contributed by atoms with Crippen LogP contribution in [0.5, 0.6) is 0 Å². The topological polar surface area (TPSA) is 66.5 Å². The van der Waals surface area contributed by atoms with Crippen LogP contribution in [-0.4, -0.2) is 37.4 Å². The molecule has 0 radical (unpaired) electrons. The third kappa shape index (κ3) is 5.47. The number of nitrogens with one attached hydrogen (secondary N) is 1. The molecule has 7 heteroatoms. The van der Waals surface area contributed by atoms with Crippen molar-refractivity contribution in [3.63, 3.8) is 0 Å². The molecule has 0 bridgehead atoms. The van der Waals surface area contributed by atoms with Crippen LogP contribution in [-0.2, 0) is 21.2 Å². The molecular formula is C22H27BrN2O3S. The molecule has 0 aromatic heterocycles. The van der Waals surface area contributed by atoms with Gasteiger partial charge in [-0.1, -0.05) is 46.3 Å². The zero-order valence-electron chi connectivity index (χ0n) is 16.7. The van der Waals surface area contributed by atoms with Crippen LogP contribution in [0.1, 0.15) is 38.7 Å². The Hall–Kier alpha value is -1.70. The van der Waals surface area contributed by atoms with E-state index in [4.69, 9.17) is 0 Å².